The van der Waals surface area contributed by atoms with Gasteiger partial charge >= 0.3 is 0 Å². The molecule has 13 heteroatoms. The van der Waals surface area contributed by atoms with Gasteiger partial charge in [0.25, 0.3) is 0 Å². The van der Waals surface area contributed by atoms with E-state index in [4.69, 9.17) is 9.47 Å². The van der Waals surface area contributed by atoms with Crippen molar-refractivity contribution in [2.75, 3.05) is 0 Å². The maximum atomic E-state index is 11.8. The molecule has 0 saturated heterocycles. The van der Waals surface area contributed by atoms with E-state index in [1.54, 1.807) is 0 Å². The van der Waals surface area contributed by atoms with Crippen molar-refractivity contribution in [3.05, 3.63) is 76.3 Å². The van der Waals surface area contributed by atoms with Gasteiger partial charge in [-0.1, -0.05) is 6.07 Å². The van der Waals surface area contributed by atoms with Crippen LogP contribution in [0.1, 0.15) is 45.9 Å². The Morgan fingerprint density at radius 2 is 1.21 bits per heavy atom. The van der Waals surface area contributed by atoms with Gasteiger partial charge in [0.1, 0.15) is 46.7 Å². The Bertz CT molecular complexity index is 1750. The zero-order valence-electron chi connectivity index (χ0n) is 21.9. The van der Waals surface area contributed by atoms with E-state index in [2.05, 4.69) is 0 Å². The fourth-order valence-electron chi connectivity index (χ4n) is 5.78. The monoisotopic (exact) mass is 594 g/mol. The van der Waals surface area contributed by atoms with Crippen molar-refractivity contribution >= 4 is 0 Å². The molecule has 13 nitrogen and oxygen atoms in total. The van der Waals surface area contributed by atoms with E-state index < -0.39 is 82.1 Å². The van der Waals surface area contributed by atoms with Crippen LogP contribution in [0.4, 0.5) is 0 Å². The van der Waals surface area contributed by atoms with Crippen LogP contribution in [-0.4, -0.2) is 68.4 Å². The van der Waals surface area contributed by atoms with Crippen LogP contribution in [0.15, 0.2) is 48.5 Å². The Hall–Kier alpha value is -5.40. The minimum atomic E-state index is -1.71. The summed E-state index contributed by atoms with van der Waals surface area (Å²) in [4.78, 5) is 0. The number of benzene rings is 4. The lowest BCUT2D eigenvalue weighted by Crippen LogP contribution is -2.36. The van der Waals surface area contributed by atoms with Crippen LogP contribution in [0.25, 0.3) is 0 Å². The summed E-state index contributed by atoms with van der Waals surface area (Å²) in [5.74, 6) is -6.87. The molecule has 11 N–H and O–H groups in total. The van der Waals surface area contributed by atoms with Gasteiger partial charge in [0.15, 0.2) is 34.9 Å². The summed E-state index contributed by atoms with van der Waals surface area (Å²) >= 11 is 0. The molecule has 2 aliphatic rings. The molecule has 0 aromatic heterocycles. The lowest BCUT2D eigenvalue weighted by Gasteiger charge is -2.40. The van der Waals surface area contributed by atoms with Crippen LogP contribution in [0.3, 0.4) is 0 Å². The summed E-state index contributed by atoms with van der Waals surface area (Å²) in [7, 11) is 0. The quantitative estimate of drug-likeness (QED) is 0.153. The zero-order chi connectivity index (χ0) is 30.9. The van der Waals surface area contributed by atoms with Crippen LogP contribution in [0.2, 0.25) is 0 Å². The van der Waals surface area contributed by atoms with E-state index in [1.165, 1.54) is 18.2 Å². The highest BCUT2D eigenvalue weighted by Gasteiger charge is 2.46. The number of aliphatic hydroxyl groups is 2. The number of rotatable bonds is 3. The highest BCUT2D eigenvalue weighted by molar-refractivity contribution is 5.66. The van der Waals surface area contributed by atoms with E-state index in [0.717, 1.165) is 30.3 Å². The van der Waals surface area contributed by atoms with Crippen LogP contribution in [0, 0.1) is 0 Å². The van der Waals surface area contributed by atoms with E-state index in [0.29, 0.717) is 0 Å². The van der Waals surface area contributed by atoms with Crippen molar-refractivity contribution in [1.29, 1.82) is 0 Å². The fraction of sp³-hybridized carbons (Fsp3) is 0.200. The van der Waals surface area contributed by atoms with E-state index in [1.807, 2.05) is 0 Å². The van der Waals surface area contributed by atoms with Crippen molar-refractivity contribution in [3.8, 4) is 63.2 Å². The molecule has 2 aliphatic heterocycles. The molecule has 43 heavy (non-hydrogen) atoms. The second-order valence-electron chi connectivity index (χ2n) is 10.5. The largest absolute Gasteiger partial charge is 0.508 e. The fourth-order valence-corrected chi connectivity index (χ4v) is 5.78. The standard InChI is InChI=1S/C30H26O13/c31-12-6-17(35)23-22(7-12)42-29(11-4-19(37)26(40)20(38)5-11)27(41)25(23)24-18(36)9-15(33)13-8-21(39)28(43-30(13)24)10-1-2-14(32)16(34)3-10/h1-7,9,21,25,27-29,31-41H,8H2/t21-,25+,27-,28+,29-/m1/s1. The van der Waals surface area contributed by atoms with E-state index >= 15 is 0 Å². The Morgan fingerprint density at radius 1 is 0.558 bits per heavy atom. The molecule has 0 saturated carbocycles. The van der Waals surface area contributed by atoms with Gasteiger partial charge in [0.05, 0.1) is 12.0 Å². The van der Waals surface area contributed by atoms with Crippen molar-refractivity contribution in [2.24, 2.45) is 0 Å². The van der Waals surface area contributed by atoms with Gasteiger partial charge in [-0.05, 0) is 29.8 Å². The van der Waals surface area contributed by atoms with Gasteiger partial charge in [-0.15, -0.1) is 0 Å². The number of fused-ring (bicyclic) bond motifs is 2. The molecule has 2 heterocycles. The topological polar surface area (TPSA) is 241 Å². The number of aromatic hydroxyl groups is 9. The highest BCUT2D eigenvalue weighted by atomic mass is 16.5. The average molecular weight is 595 g/mol. The van der Waals surface area contributed by atoms with Gasteiger partial charge in [-0.2, -0.15) is 0 Å². The van der Waals surface area contributed by atoms with Crippen molar-refractivity contribution in [1.82, 2.24) is 0 Å². The van der Waals surface area contributed by atoms with Gasteiger partial charge in [-0.25, -0.2) is 0 Å². The van der Waals surface area contributed by atoms with Gasteiger partial charge in [0, 0.05) is 46.9 Å². The molecule has 0 bridgehead atoms. The van der Waals surface area contributed by atoms with E-state index in [9.17, 15) is 56.2 Å². The Balaban J connectivity index is 1.56. The Morgan fingerprint density at radius 3 is 1.88 bits per heavy atom. The van der Waals surface area contributed by atoms with Gasteiger partial charge in [-0.3, -0.25) is 0 Å². The van der Waals surface area contributed by atoms with Crippen LogP contribution < -0.4 is 9.47 Å². The second kappa shape index (κ2) is 9.86. The molecule has 0 fully saturated rings. The first-order chi connectivity index (χ1) is 20.3. The SMILES string of the molecule is Oc1cc(O)c2c(c1)O[C@H](c1cc(O)c(O)c(O)c1)[C@H](O)[C@@H]2c1c(O)cc(O)c2c1O[C@@H](c1ccc(O)c(O)c1)[C@H](O)C2. The van der Waals surface area contributed by atoms with E-state index in [-0.39, 0.29) is 45.7 Å². The Kier molecular flexibility index (Phi) is 6.36. The summed E-state index contributed by atoms with van der Waals surface area (Å²) in [5, 5.41) is 116. The first kappa shape index (κ1) is 27.8. The third kappa shape index (κ3) is 4.42. The molecule has 0 spiro atoms. The third-order valence-electron chi connectivity index (χ3n) is 7.77. The second-order valence-corrected chi connectivity index (χ2v) is 10.5. The normalized spacial score (nSPS) is 22.6. The Labute approximate surface area is 242 Å². The molecule has 4 aromatic carbocycles. The van der Waals surface area contributed by atoms with Crippen LogP contribution in [-0.2, 0) is 6.42 Å². The predicted molar refractivity (Wildman–Crippen MR) is 145 cm³/mol. The molecular weight excluding hydrogens is 568 g/mol. The predicted octanol–water partition coefficient (Wildman–Crippen LogP) is 2.70. The zero-order valence-corrected chi connectivity index (χ0v) is 21.9. The van der Waals surface area contributed by atoms with Crippen molar-refractivity contribution in [2.45, 2.75) is 36.8 Å². The number of aliphatic hydroxyl groups excluding tert-OH is 2. The molecule has 4 aromatic rings. The average Bonchev–Trinajstić information content (AvgIpc) is 2.94. The number of hydrogen-bond donors (Lipinski definition) is 11. The number of phenolic OH excluding ortho intramolecular Hbond substituents is 9. The summed E-state index contributed by atoms with van der Waals surface area (Å²) in [6, 6.07) is 8.90. The van der Waals surface area contributed by atoms with Crippen molar-refractivity contribution < 1.29 is 65.6 Å². The third-order valence-corrected chi connectivity index (χ3v) is 7.77. The number of hydrogen-bond acceptors (Lipinski definition) is 13. The maximum absolute atomic E-state index is 11.8. The van der Waals surface area contributed by atoms with Crippen molar-refractivity contribution in [3.63, 3.8) is 0 Å². The molecule has 6 rings (SSSR count). The minimum absolute atomic E-state index is 0.0281. The highest BCUT2D eigenvalue weighted by Crippen LogP contribution is 2.57. The first-order valence-corrected chi connectivity index (χ1v) is 12.9. The number of phenols is 9. The van der Waals surface area contributed by atoms with Crippen LogP contribution >= 0.6 is 0 Å². The molecule has 0 aliphatic carbocycles. The van der Waals surface area contributed by atoms with Gasteiger partial charge < -0.3 is 65.6 Å². The summed E-state index contributed by atoms with van der Waals surface area (Å²) < 4.78 is 12.0. The van der Waals surface area contributed by atoms with Crippen LogP contribution in [0.5, 0.6) is 63.2 Å². The first-order valence-electron chi connectivity index (χ1n) is 12.9. The summed E-state index contributed by atoms with van der Waals surface area (Å²) in [6.07, 6.45) is -5.81. The maximum Gasteiger partial charge on any atom is 0.200 e. The molecule has 0 amide bonds. The molecule has 0 unspecified atom stereocenters. The molecular formula is C30H26O13. The number of ether oxygens (including phenoxy) is 2. The van der Waals surface area contributed by atoms with Gasteiger partial charge in [0.2, 0.25) is 0 Å². The summed E-state index contributed by atoms with van der Waals surface area (Å²) in [6.45, 7) is 0. The lowest BCUT2D eigenvalue weighted by atomic mass is 9.77. The summed E-state index contributed by atoms with van der Waals surface area (Å²) in [5.41, 5.74) is 0.0126. The molecule has 224 valence electrons. The smallest absolute Gasteiger partial charge is 0.200 e. The lowest BCUT2D eigenvalue weighted by molar-refractivity contribution is 0.00108. The molecule has 0 radical (unpaired) electrons. The minimum Gasteiger partial charge on any atom is -0.508 e. The molecule has 5 atom stereocenters.